The number of nitrogens with zero attached hydrogens (tertiary/aromatic N) is 1. The molecule has 15 N–H and O–H groups in total. The molecule has 18 heteroatoms. The highest BCUT2D eigenvalue weighted by Gasteiger charge is 2.34. The first-order chi connectivity index (χ1) is 22.5. The van der Waals surface area contributed by atoms with Crippen molar-refractivity contribution in [2.45, 2.75) is 89.0 Å². The van der Waals surface area contributed by atoms with Crippen molar-refractivity contribution in [3.05, 3.63) is 29.8 Å². The molecular weight excluding hydrogens is 630 g/mol. The molecule has 18 nitrogen and oxygen atoms in total. The van der Waals surface area contributed by atoms with Crippen molar-refractivity contribution >= 4 is 41.5 Å². The van der Waals surface area contributed by atoms with Crippen LogP contribution in [0.2, 0.25) is 0 Å². The van der Waals surface area contributed by atoms with Gasteiger partial charge in [-0.1, -0.05) is 26.0 Å². The van der Waals surface area contributed by atoms with Crippen LogP contribution in [0, 0.1) is 5.92 Å². The number of rotatable bonds is 22. The number of aliphatic imine (C=N–C) groups is 1. The summed E-state index contributed by atoms with van der Waals surface area (Å²) < 4.78 is 0. The number of aliphatic carboxylic acids is 2. The molecule has 0 fully saturated rings. The summed E-state index contributed by atoms with van der Waals surface area (Å²) in [5, 5.41) is 38.4. The van der Waals surface area contributed by atoms with Crippen molar-refractivity contribution in [3.63, 3.8) is 0 Å². The largest absolute Gasteiger partial charge is 0.508 e. The second kappa shape index (κ2) is 21.0. The molecule has 1 aromatic rings. The molecule has 48 heavy (non-hydrogen) atoms. The first kappa shape index (κ1) is 41.1. The third-order valence-corrected chi connectivity index (χ3v) is 7.13. The molecule has 0 saturated heterocycles. The highest BCUT2D eigenvalue weighted by atomic mass is 16.4. The topological polar surface area (TPSA) is 328 Å². The molecule has 0 unspecified atom stereocenters. The molecule has 0 aliphatic heterocycles. The van der Waals surface area contributed by atoms with Crippen LogP contribution in [0.4, 0.5) is 0 Å². The molecule has 0 aliphatic rings. The lowest BCUT2D eigenvalue weighted by molar-refractivity contribution is -0.143. The summed E-state index contributed by atoms with van der Waals surface area (Å²) in [4.78, 5) is 80.0. The van der Waals surface area contributed by atoms with Crippen molar-refractivity contribution in [2.24, 2.45) is 33.8 Å². The zero-order valence-electron chi connectivity index (χ0n) is 27.2. The van der Waals surface area contributed by atoms with E-state index in [9.17, 15) is 44.1 Å². The van der Waals surface area contributed by atoms with Crippen LogP contribution in [0.15, 0.2) is 29.3 Å². The van der Waals surface area contributed by atoms with Crippen molar-refractivity contribution in [3.8, 4) is 5.75 Å². The average molecular weight is 680 g/mol. The summed E-state index contributed by atoms with van der Waals surface area (Å²) in [5.41, 5.74) is 22.6. The fourth-order valence-corrected chi connectivity index (χ4v) is 4.47. The van der Waals surface area contributed by atoms with Crippen LogP contribution in [0.3, 0.4) is 0 Å². The van der Waals surface area contributed by atoms with Crippen LogP contribution < -0.4 is 44.2 Å². The van der Waals surface area contributed by atoms with Crippen molar-refractivity contribution in [1.82, 2.24) is 21.3 Å². The number of nitrogens with two attached hydrogens (primary N) is 4. The van der Waals surface area contributed by atoms with E-state index in [1.165, 1.54) is 24.3 Å². The number of unbranched alkanes of at least 4 members (excludes halogenated alkanes) is 1. The van der Waals surface area contributed by atoms with Crippen LogP contribution in [-0.4, -0.2) is 100 Å². The number of benzene rings is 1. The Balaban J connectivity index is 3.07. The minimum Gasteiger partial charge on any atom is -0.508 e. The molecule has 0 bridgehead atoms. The highest BCUT2D eigenvalue weighted by Crippen LogP contribution is 2.13. The molecule has 0 heterocycles. The van der Waals surface area contributed by atoms with E-state index >= 15 is 0 Å². The number of amides is 4. The van der Waals surface area contributed by atoms with Crippen LogP contribution in [0.1, 0.15) is 57.9 Å². The van der Waals surface area contributed by atoms with E-state index in [4.69, 9.17) is 22.9 Å². The first-order valence-electron chi connectivity index (χ1n) is 15.5. The van der Waals surface area contributed by atoms with E-state index in [1.807, 2.05) is 0 Å². The number of aromatic hydroxyl groups is 1. The lowest BCUT2D eigenvalue weighted by Gasteiger charge is -2.27. The second-order valence-electron chi connectivity index (χ2n) is 11.6. The lowest BCUT2D eigenvalue weighted by atomic mass is 10.0. The van der Waals surface area contributed by atoms with Crippen LogP contribution in [0.25, 0.3) is 0 Å². The predicted octanol–water partition coefficient (Wildman–Crippen LogP) is -2.40. The molecule has 4 amide bonds. The van der Waals surface area contributed by atoms with Crippen LogP contribution >= 0.6 is 0 Å². The number of guanidine groups is 1. The Morgan fingerprint density at radius 2 is 1.35 bits per heavy atom. The van der Waals surface area contributed by atoms with Crippen LogP contribution in [0.5, 0.6) is 5.75 Å². The van der Waals surface area contributed by atoms with Gasteiger partial charge in [0.25, 0.3) is 0 Å². The maximum absolute atomic E-state index is 13.3. The van der Waals surface area contributed by atoms with Gasteiger partial charge in [-0.3, -0.25) is 29.0 Å². The molecule has 268 valence electrons. The van der Waals surface area contributed by atoms with Gasteiger partial charge in [0, 0.05) is 13.0 Å². The number of nitrogens with one attached hydrogen (secondary N) is 4. The van der Waals surface area contributed by atoms with Crippen LogP contribution in [-0.2, 0) is 35.2 Å². The summed E-state index contributed by atoms with van der Waals surface area (Å²) in [6.07, 6.45) is 0.608. The summed E-state index contributed by atoms with van der Waals surface area (Å²) in [6, 6.07) is -0.880. The molecule has 0 aliphatic carbocycles. The van der Waals surface area contributed by atoms with Gasteiger partial charge in [0.1, 0.15) is 29.9 Å². The maximum Gasteiger partial charge on any atom is 0.326 e. The van der Waals surface area contributed by atoms with E-state index in [1.54, 1.807) is 13.8 Å². The summed E-state index contributed by atoms with van der Waals surface area (Å²) in [6.45, 7) is 3.71. The van der Waals surface area contributed by atoms with E-state index in [2.05, 4.69) is 26.3 Å². The third kappa shape index (κ3) is 15.5. The molecule has 0 spiro atoms. The fourth-order valence-electron chi connectivity index (χ4n) is 4.47. The number of hydrogen-bond donors (Lipinski definition) is 11. The third-order valence-electron chi connectivity index (χ3n) is 7.13. The Morgan fingerprint density at radius 1 is 0.771 bits per heavy atom. The number of hydrogen-bond acceptors (Lipinski definition) is 10. The standard InChI is InChI=1S/C30H49N9O9/c1-16(2)24(28(46)38-22(29(47)48)14-17-8-10-18(40)11-9-17)39-27(45)21(15-23(41)42)37-26(44)20(7-3-4-12-31)36-25(43)19(32)6-5-13-35-30(33)34/h8-11,16,19-22,24,40H,3-7,12-15,31-32H2,1-2H3,(H,36,43)(H,37,44)(H,38,46)(H,39,45)(H,41,42)(H,47,48)(H4,33,34,35)/t19-,20-,21-,22+,24+/m1/s1. The Bertz CT molecular complexity index is 1270. The predicted molar refractivity (Wildman–Crippen MR) is 175 cm³/mol. The molecule has 5 atom stereocenters. The van der Waals surface area contributed by atoms with Gasteiger partial charge in [-0.25, -0.2) is 4.79 Å². The van der Waals surface area contributed by atoms with Gasteiger partial charge < -0.3 is 59.5 Å². The molecule has 0 radical (unpaired) electrons. The van der Waals surface area contributed by atoms with Crippen molar-refractivity contribution < 1.29 is 44.1 Å². The van der Waals surface area contributed by atoms with Gasteiger partial charge in [0.2, 0.25) is 23.6 Å². The van der Waals surface area contributed by atoms with E-state index in [-0.39, 0.29) is 37.5 Å². The Labute approximate surface area is 278 Å². The Morgan fingerprint density at radius 3 is 1.90 bits per heavy atom. The number of carboxylic acid groups (broad SMARTS) is 2. The molecule has 1 aromatic carbocycles. The monoisotopic (exact) mass is 679 g/mol. The Hall–Kier alpha value is -4.97. The van der Waals surface area contributed by atoms with Crippen molar-refractivity contribution in [1.29, 1.82) is 0 Å². The summed E-state index contributed by atoms with van der Waals surface area (Å²) in [7, 11) is 0. The number of carboxylic acids is 2. The molecular formula is C30H49N9O9. The highest BCUT2D eigenvalue weighted by molar-refractivity contribution is 5.96. The van der Waals surface area contributed by atoms with Gasteiger partial charge in [0.05, 0.1) is 12.5 Å². The zero-order valence-corrected chi connectivity index (χ0v) is 27.2. The molecule has 0 saturated carbocycles. The second-order valence-corrected chi connectivity index (χ2v) is 11.6. The molecule has 0 aromatic heterocycles. The first-order valence-corrected chi connectivity index (χ1v) is 15.5. The minimum atomic E-state index is -1.67. The fraction of sp³-hybridized carbons (Fsp3) is 0.567. The number of phenolic OH excluding ortho intramolecular Hbond substituents is 1. The van der Waals surface area contributed by atoms with Crippen molar-refractivity contribution in [2.75, 3.05) is 13.1 Å². The normalized spacial score (nSPS) is 14.0. The number of phenols is 1. The van der Waals surface area contributed by atoms with Gasteiger partial charge in [-0.15, -0.1) is 0 Å². The lowest BCUT2D eigenvalue weighted by Crippen LogP contribution is -2.59. The molecule has 1 rings (SSSR count). The average Bonchev–Trinajstić information content (AvgIpc) is 3.00. The van der Waals surface area contributed by atoms with Gasteiger partial charge in [-0.2, -0.15) is 0 Å². The van der Waals surface area contributed by atoms with E-state index < -0.39 is 78.1 Å². The number of carbonyl (C=O) groups is 6. The summed E-state index contributed by atoms with van der Waals surface area (Å²) >= 11 is 0. The van der Waals surface area contributed by atoms with E-state index in [0.29, 0.717) is 31.4 Å². The smallest absolute Gasteiger partial charge is 0.326 e. The SMILES string of the molecule is CC(C)[C@H](NC(=O)[C@@H](CC(=O)O)NC(=O)[C@@H](CCCCN)NC(=O)[C@H](N)CCCN=C(N)N)C(=O)N[C@@H](Cc1ccc(O)cc1)C(=O)O. The van der Waals surface area contributed by atoms with E-state index in [0.717, 1.165) is 0 Å². The van der Waals surface area contributed by atoms with Gasteiger partial charge in [0.15, 0.2) is 5.96 Å². The van der Waals surface area contributed by atoms with Gasteiger partial charge >= 0.3 is 11.9 Å². The number of carbonyl (C=O) groups excluding carboxylic acids is 4. The summed E-state index contributed by atoms with van der Waals surface area (Å²) in [5.74, 6) is -6.91. The quantitative estimate of drug-likeness (QED) is 0.0346. The minimum absolute atomic E-state index is 0.0240. The Kier molecular flexibility index (Phi) is 18.0. The maximum atomic E-state index is 13.3. The zero-order chi connectivity index (χ0) is 36.4. The van der Waals surface area contributed by atoms with Gasteiger partial charge in [-0.05, 0) is 62.3 Å².